The molecule has 11 heteroatoms. The number of carbonyl (C=O) groups excluding carboxylic acids is 2. The van der Waals surface area contributed by atoms with Crippen molar-refractivity contribution in [3.63, 3.8) is 0 Å². The van der Waals surface area contributed by atoms with Crippen LogP contribution in [0, 0.1) is 13.8 Å². The number of amides is 1. The summed E-state index contributed by atoms with van der Waals surface area (Å²) < 4.78 is 35.8. The standard InChI is InChI=1S/C20H22N4O4S3/c1-13-12-15(14(2)29-13)17(25)6-7-19(26)23-8-10-24(11-9-23)31(27,28)18-5-3-4-16-20(18)22-30-21-16/h3-5,12H,6-11H2,1-2H3. The second kappa shape index (κ2) is 8.73. The monoisotopic (exact) mass is 478 g/mol. The number of rotatable bonds is 6. The quantitative estimate of drug-likeness (QED) is 0.505. The van der Waals surface area contributed by atoms with Crippen molar-refractivity contribution in [3.05, 3.63) is 39.6 Å². The van der Waals surface area contributed by atoms with Crippen LogP contribution in [-0.2, 0) is 14.8 Å². The lowest BCUT2D eigenvalue weighted by molar-refractivity contribution is -0.132. The highest BCUT2D eigenvalue weighted by Gasteiger charge is 2.32. The summed E-state index contributed by atoms with van der Waals surface area (Å²) in [5.41, 5.74) is 1.63. The number of sulfonamides is 1. The molecule has 0 atom stereocenters. The van der Waals surface area contributed by atoms with Gasteiger partial charge in [0, 0.05) is 54.3 Å². The van der Waals surface area contributed by atoms with Gasteiger partial charge in [-0.05, 0) is 32.0 Å². The Balaban J connectivity index is 1.36. The van der Waals surface area contributed by atoms with Crippen molar-refractivity contribution in [2.45, 2.75) is 31.6 Å². The van der Waals surface area contributed by atoms with Crippen molar-refractivity contribution in [2.75, 3.05) is 26.2 Å². The van der Waals surface area contributed by atoms with Crippen molar-refractivity contribution in [1.82, 2.24) is 18.0 Å². The van der Waals surface area contributed by atoms with Gasteiger partial charge in [-0.2, -0.15) is 13.1 Å². The lowest BCUT2D eigenvalue weighted by Crippen LogP contribution is -2.50. The number of nitrogens with zero attached hydrogens (tertiary/aromatic N) is 4. The number of piperazine rings is 1. The molecule has 3 aromatic rings. The second-order valence-corrected chi connectivity index (χ2v) is 11.3. The van der Waals surface area contributed by atoms with E-state index in [1.807, 2.05) is 19.9 Å². The summed E-state index contributed by atoms with van der Waals surface area (Å²) in [5.74, 6) is -0.151. The Labute approximate surface area is 188 Å². The first-order valence-electron chi connectivity index (χ1n) is 9.87. The maximum absolute atomic E-state index is 13.1. The normalized spacial score (nSPS) is 15.5. The Morgan fingerprint density at radius 2 is 1.81 bits per heavy atom. The van der Waals surface area contributed by atoms with Crippen molar-refractivity contribution >= 4 is 55.8 Å². The minimum absolute atomic E-state index is 0.0265. The predicted molar refractivity (Wildman–Crippen MR) is 120 cm³/mol. The van der Waals surface area contributed by atoms with Gasteiger partial charge in [0.05, 0.1) is 11.7 Å². The average molecular weight is 479 g/mol. The number of thiophene rings is 1. The molecule has 1 fully saturated rings. The van der Waals surface area contributed by atoms with Crippen LogP contribution in [0.1, 0.15) is 33.0 Å². The molecule has 4 rings (SSSR count). The van der Waals surface area contributed by atoms with Crippen LogP contribution >= 0.6 is 23.1 Å². The van der Waals surface area contributed by atoms with Gasteiger partial charge in [0.2, 0.25) is 15.9 Å². The Morgan fingerprint density at radius 3 is 2.48 bits per heavy atom. The molecular weight excluding hydrogens is 456 g/mol. The minimum Gasteiger partial charge on any atom is -0.340 e. The lowest BCUT2D eigenvalue weighted by Gasteiger charge is -2.34. The SMILES string of the molecule is Cc1cc(C(=O)CCC(=O)N2CCN(S(=O)(=O)c3cccc4nsnc34)CC2)c(C)s1. The number of fused-ring (bicyclic) bond motifs is 1. The number of benzene rings is 1. The average Bonchev–Trinajstić information content (AvgIpc) is 3.37. The molecule has 1 aliphatic rings. The van der Waals surface area contributed by atoms with E-state index in [4.69, 9.17) is 0 Å². The molecule has 0 N–H and O–H groups in total. The number of hydrogen-bond donors (Lipinski definition) is 0. The van der Waals surface area contributed by atoms with Crippen molar-refractivity contribution in [3.8, 4) is 0 Å². The van der Waals surface area contributed by atoms with E-state index in [0.29, 0.717) is 29.7 Å². The van der Waals surface area contributed by atoms with Gasteiger partial charge in [-0.1, -0.05) is 6.07 Å². The van der Waals surface area contributed by atoms with Crippen LogP contribution in [0.5, 0.6) is 0 Å². The molecule has 3 heterocycles. The first-order chi connectivity index (χ1) is 14.8. The fourth-order valence-corrected chi connectivity index (χ4v) is 6.84. The van der Waals surface area contributed by atoms with Crippen molar-refractivity contribution < 1.29 is 18.0 Å². The molecule has 1 aliphatic heterocycles. The first kappa shape index (κ1) is 22.0. The molecule has 8 nitrogen and oxygen atoms in total. The zero-order valence-corrected chi connectivity index (χ0v) is 19.6. The van der Waals surface area contributed by atoms with Gasteiger partial charge >= 0.3 is 0 Å². The highest BCUT2D eigenvalue weighted by molar-refractivity contribution is 7.89. The maximum atomic E-state index is 13.1. The van der Waals surface area contributed by atoms with E-state index in [1.54, 1.807) is 28.4 Å². The Kier molecular flexibility index (Phi) is 6.20. The third kappa shape index (κ3) is 4.40. The third-order valence-electron chi connectivity index (χ3n) is 5.37. The fourth-order valence-electron chi connectivity index (χ4n) is 3.73. The molecule has 0 saturated carbocycles. The molecule has 1 saturated heterocycles. The van der Waals surface area contributed by atoms with E-state index in [9.17, 15) is 18.0 Å². The van der Waals surface area contributed by atoms with Gasteiger partial charge in [-0.15, -0.1) is 11.3 Å². The van der Waals surface area contributed by atoms with Gasteiger partial charge in [-0.3, -0.25) is 9.59 Å². The summed E-state index contributed by atoms with van der Waals surface area (Å²) in [4.78, 5) is 28.8. The van der Waals surface area contributed by atoms with Gasteiger partial charge in [0.1, 0.15) is 15.9 Å². The number of hydrogen-bond acceptors (Lipinski definition) is 8. The van der Waals surface area contributed by atoms with Crippen molar-refractivity contribution in [2.24, 2.45) is 0 Å². The molecule has 31 heavy (non-hydrogen) atoms. The largest absolute Gasteiger partial charge is 0.340 e. The number of carbonyl (C=O) groups is 2. The summed E-state index contributed by atoms with van der Waals surface area (Å²) in [7, 11) is -3.73. The van der Waals surface area contributed by atoms with Gasteiger partial charge in [-0.25, -0.2) is 8.42 Å². The van der Waals surface area contributed by atoms with Crippen LogP contribution in [-0.4, -0.2) is 64.2 Å². The molecule has 2 aromatic heterocycles. The third-order valence-corrected chi connectivity index (χ3v) is 8.80. The minimum atomic E-state index is -3.73. The lowest BCUT2D eigenvalue weighted by atomic mass is 10.1. The number of ketones is 1. The first-order valence-corrected chi connectivity index (χ1v) is 12.9. The molecule has 0 unspecified atom stereocenters. The Bertz CT molecular complexity index is 1240. The van der Waals surface area contributed by atoms with Crippen LogP contribution < -0.4 is 0 Å². The van der Waals surface area contributed by atoms with E-state index in [2.05, 4.69) is 8.75 Å². The molecule has 164 valence electrons. The predicted octanol–water partition coefficient (Wildman–Crippen LogP) is 2.87. The number of aryl methyl sites for hydroxylation is 2. The number of Topliss-reactive ketones (excluding diaryl/α,β-unsaturated/α-hetero) is 1. The van der Waals surface area contributed by atoms with Gasteiger partial charge < -0.3 is 4.90 Å². The van der Waals surface area contributed by atoms with E-state index in [-0.39, 0.29) is 42.5 Å². The summed E-state index contributed by atoms with van der Waals surface area (Å²) >= 11 is 2.55. The van der Waals surface area contributed by atoms with E-state index < -0.39 is 10.0 Å². The van der Waals surface area contributed by atoms with Gasteiger partial charge in [0.25, 0.3) is 0 Å². The van der Waals surface area contributed by atoms with Crippen LogP contribution in [0.15, 0.2) is 29.2 Å². The zero-order valence-electron chi connectivity index (χ0n) is 17.2. The van der Waals surface area contributed by atoms with Gasteiger partial charge in [0.15, 0.2) is 5.78 Å². The summed E-state index contributed by atoms with van der Waals surface area (Å²) in [6, 6.07) is 6.80. The Morgan fingerprint density at radius 1 is 1.06 bits per heavy atom. The van der Waals surface area contributed by atoms with Crippen LogP contribution in [0.3, 0.4) is 0 Å². The second-order valence-electron chi connectivity index (χ2n) is 7.42. The summed E-state index contributed by atoms with van der Waals surface area (Å²) in [6.45, 7) is 4.88. The van der Waals surface area contributed by atoms with Crippen molar-refractivity contribution in [1.29, 1.82) is 0 Å². The Hall–Kier alpha value is -2.21. The summed E-state index contributed by atoms with van der Waals surface area (Å²) in [5, 5.41) is 0. The molecule has 0 bridgehead atoms. The zero-order chi connectivity index (χ0) is 22.2. The highest BCUT2D eigenvalue weighted by Crippen LogP contribution is 2.26. The molecule has 1 aromatic carbocycles. The fraction of sp³-hybridized carbons (Fsp3) is 0.400. The summed E-state index contributed by atoms with van der Waals surface area (Å²) in [6.07, 6.45) is 0.289. The van der Waals surface area contributed by atoms with Crippen LogP contribution in [0.2, 0.25) is 0 Å². The number of aromatic nitrogens is 2. The maximum Gasteiger partial charge on any atom is 0.245 e. The van der Waals surface area contributed by atoms with Crippen LogP contribution in [0.25, 0.3) is 11.0 Å². The molecule has 1 amide bonds. The molecule has 0 radical (unpaired) electrons. The van der Waals surface area contributed by atoms with Crippen LogP contribution in [0.4, 0.5) is 0 Å². The van der Waals surface area contributed by atoms with E-state index in [0.717, 1.165) is 21.5 Å². The van der Waals surface area contributed by atoms with E-state index >= 15 is 0 Å². The molecule has 0 spiro atoms. The topological polar surface area (TPSA) is 101 Å². The molecule has 0 aliphatic carbocycles. The molecular formula is C20H22N4O4S3. The highest BCUT2D eigenvalue weighted by atomic mass is 32.2. The van der Waals surface area contributed by atoms with E-state index in [1.165, 1.54) is 10.4 Å². The smallest absolute Gasteiger partial charge is 0.245 e.